The van der Waals surface area contributed by atoms with Crippen LogP contribution < -0.4 is 5.32 Å². The summed E-state index contributed by atoms with van der Waals surface area (Å²) < 4.78 is 0. The zero-order chi connectivity index (χ0) is 14.7. The van der Waals surface area contributed by atoms with Gasteiger partial charge in [0, 0.05) is 11.8 Å². The largest absolute Gasteiger partial charge is 0.339 e. The van der Waals surface area contributed by atoms with E-state index in [4.69, 9.17) is 0 Å². The van der Waals surface area contributed by atoms with Crippen LogP contribution in [0.1, 0.15) is 25.5 Å². The van der Waals surface area contributed by atoms with Crippen LogP contribution in [0.3, 0.4) is 0 Å². The van der Waals surface area contributed by atoms with E-state index < -0.39 is 12.1 Å². The number of amides is 2. The van der Waals surface area contributed by atoms with Gasteiger partial charge in [-0.05, 0) is 18.7 Å². The molecule has 2 rings (SSSR count). The molecule has 1 aromatic carbocycles. The summed E-state index contributed by atoms with van der Waals surface area (Å²) in [6.45, 7) is 4.44. The molecule has 3 atom stereocenters. The molecule has 5 heteroatoms. The minimum absolute atomic E-state index is 0.0239. The van der Waals surface area contributed by atoms with Gasteiger partial charge < -0.3 is 10.2 Å². The smallest absolute Gasteiger partial charge is 0.250 e. The van der Waals surface area contributed by atoms with E-state index in [9.17, 15) is 9.59 Å². The molecule has 0 spiro atoms. The van der Waals surface area contributed by atoms with Crippen molar-refractivity contribution in [3.8, 4) is 0 Å². The highest BCUT2D eigenvalue weighted by Gasteiger charge is 2.39. The van der Waals surface area contributed by atoms with Crippen LogP contribution in [0.4, 0.5) is 0 Å². The van der Waals surface area contributed by atoms with Crippen molar-refractivity contribution in [2.45, 2.75) is 31.2 Å². The van der Waals surface area contributed by atoms with Gasteiger partial charge in [-0.3, -0.25) is 9.59 Å². The Labute approximate surface area is 123 Å². The summed E-state index contributed by atoms with van der Waals surface area (Å²) >= 11 is 1.70. The van der Waals surface area contributed by atoms with E-state index in [1.807, 2.05) is 36.6 Å². The van der Waals surface area contributed by atoms with E-state index in [2.05, 4.69) is 12.2 Å². The molecule has 1 saturated heterocycles. The Morgan fingerprint density at radius 3 is 2.55 bits per heavy atom. The third-order valence-corrected chi connectivity index (χ3v) is 4.61. The van der Waals surface area contributed by atoms with Gasteiger partial charge in [-0.15, -0.1) is 0 Å². The average Bonchev–Trinajstić information content (AvgIpc) is 2.48. The average molecular weight is 292 g/mol. The van der Waals surface area contributed by atoms with E-state index in [-0.39, 0.29) is 11.8 Å². The summed E-state index contributed by atoms with van der Waals surface area (Å²) in [6, 6.07) is 8.42. The Balaban J connectivity index is 2.24. The van der Waals surface area contributed by atoms with Crippen LogP contribution in [0, 0.1) is 0 Å². The lowest BCUT2D eigenvalue weighted by molar-refractivity contribution is -0.148. The number of nitrogens with one attached hydrogen (secondary N) is 1. The summed E-state index contributed by atoms with van der Waals surface area (Å²) in [7, 11) is 0. The molecule has 1 aliphatic rings. The quantitative estimate of drug-likeness (QED) is 0.921. The third-order valence-electron chi connectivity index (χ3n) is 3.65. The first-order valence-corrected chi connectivity index (χ1v) is 8.02. The first-order chi connectivity index (χ1) is 9.54. The maximum Gasteiger partial charge on any atom is 0.250 e. The van der Waals surface area contributed by atoms with Crippen molar-refractivity contribution >= 4 is 23.6 Å². The maximum absolute atomic E-state index is 12.6. The fourth-order valence-corrected chi connectivity index (χ4v) is 2.60. The van der Waals surface area contributed by atoms with E-state index in [0.717, 1.165) is 5.56 Å². The molecule has 0 aliphatic carbocycles. The van der Waals surface area contributed by atoms with Crippen LogP contribution in [0.5, 0.6) is 0 Å². The predicted molar refractivity (Wildman–Crippen MR) is 81.5 cm³/mol. The number of thioether (sulfide) groups is 1. The molecule has 1 aliphatic heterocycles. The molecule has 108 valence electrons. The van der Waals surface area contributed by atoms with Gasteiger partial charge in [0.25, 0.3) is 5.91 Å². The van der Waals surface area contributed by atoms with Crippen molar-refractivity contribution in [3.05, 3.63) is 35.9 Å². The predicted octanol–water partition coefficient (Wildman–Crippen LogP) is 1.83. The highest BCUT2D eigenvalue weighted by Crippen LogP contribution is 2.23. The van der Waals surface area contributed by atoms with Gasteiger partial charge >= 0.3 is 0 Å². The van der Waals surface area contributed by atoms with Crippen molar-refractivity contribution in [2.75, 3.05) is 12.8 Å². The summed E-state index contributed by atoms with van der Waals surface area (Å²) in [5, 5.41) is 3.13. The van der Waals surface area contributed by atoms with Gasteiger partial charge in [-0.2, -0.15) is 11.8 Å². The summed E-state index contributed by atoms with van der Waals surface area (Å²) in [6.07, 6.45) is 2.01. The van der Waals surface area contributed by atoms with Crippen molar-refractivity contribution < 1.29 is 9.59 Å². The summed E-state index contributed by atoms with van der Waals surface area (Å²) in [4.78, 5) is 26.4. The lowest BCUT2D eigenvalue weighted by Gasteiger charge is -2.38. The minimum atomic E-state index is -0.561. The molecule has 3 unspecified atom stereocenters. The van der Waals surface area contributed by atoms with E-state index in [1.54, 1.807) is 23.6 Å². The lowest BCUT2D eigenvalue weighted by Crippen LogP contribution is -2.59. The Bertz CT molecular complexity index is 492. The highest BCUT2D eigenvalue weighted by atomic mass is 32.2. The van der Waals surface area contributed by atoms with Crippen LogP contribution in [-0.4, -0.2) is 40.8 Å². The second kappa shape index (κ2) is 6.31. The fourth-order valence-electron chi connectivity index (χ4n) is 2.29. The molecule has 1 N–H and O–H groups in total. The Morgan fingerprint density at radius 2 is 1.95 bits per heavy atom. The molecule has 1 heterocycles. The number of piperazine rings is 1. The highest BCUT2D eigenvalue weighted by molar-refractivity contribution is 7.99. The van der Waals surface area contributed by atoms with E-state index in [1.165, 1.54) is 0 Å². The number of hydrogen-bond donors (Lipinski definition) is 1. The van der Waals surface area contributed by atoms with Gasteiger partial charge in [0.2, 0.25) is 5.91 Å². The summed E-state index contributed by atoms with van der Waals surface area (Å²) in [5.74, 6) is -0.115. The number of rotatable bonds is 4. The Morgan fingerprint density at radius 1 is 1.30 bits per heavy atom. The molecule has 0 saturated carbocycles. The first kappa shape index (κ1) is 14.9. The molecule has 4 nitrogen and oxygen atoms in total. The first-order valence-electron chi connectivity index (χ1n) is 6.73. The molecule has 2 amide bonds. The number of carbonyl (C=O) groups is 2. The van der Waals surface area contributed by atoms with Gasteiger partial charge in [0.1, 0.15) is 12.1 Å². The van der Waals surface area contributed by atoms with Crippen LogP contribution in [0.25, 0.3) is 0 Å². The van der Waals surface area contributed by atoms with Crippen molar-refractivity contribution in [1.29, 1.82) is 0 Å². The molecular weight excluding hydrogens is 272 g/mol. The molecule has 0 bridgehead atoms. The number of hydrogen-bond acceptors (Lipinski definition) is 3. The second-order valence-electron chi connectivity index (χ2n) is 5.07. The maximum atomic E-state index is 12.6. The molecule has 0 radical (unpaired) electrons. The third kappa shape index (κ3) is 2.98. The lowest BCUT2D eigenvalue weighted by atomic mass is 10.0. The topological polar surface area (TPSA) is 49.4 Å². The molecule has 1 fully saturated rings. The van der Waals surface area contributed by atoms with E-state index >= 15 is 0 Å². The zero-order valence-electron chi connectivity index (χ0n) is 12.0. The van der Waals surface area contributed by atoms with Crippen LogP contribution in [0.2, 0.25) is 0 Å². The minimum Gasteiger partial charge on any atom is -0.339 e. The molecular formula is C15H20N2O2S. The Kier molecular flexibility index (Phi) is 4.70. The van der Waals surface area contributed by atoms with Crippen molar-refractivity contribution in [2.24, 2.45) is 0 Å². The molecule has 1 aromatic rings. The van der Waals surface area contributed by atoms with Gasteiger partial charge in [-0.25, -0.2) is 0 Å². The van der Waals surface area contributed by atoms with Crippen LogP contribution in [0.15, 0.2) is 30.3 Å². The number of nitrogens with zero attached hydrogens (tertiary/aromatic N) is 1. The molecule has 0 aromatic heterocycles. The van der Waals surface area contributed by atoms with Crippen LogP contribution in [-0.2, 0) is 9.59 Å². The Hall–Kier alpha value is -1.49. The van der Waals surface area contributed by atoms with Crippen LogP contribution >= 0.6 is 11.8 Å². The SMILES string of the molecule is CSC(C)CN1C(=O)C(c2ccccc2)NC(=O)C1C. The molecule has 20 heavy (non-hydrogen) atoms. The summed E-state index contributed by atoms with van der Waals surface area (Å²) in [5.41, 5.74) is 0.833. The van der Waals surface area contributed by atoms with Gasteiger partial charge in [0.15, 0.2) is 0 Å². The van der Waals surface area contributed by atoms with E-state index in [0.29, 0.717) is 11.8 Å². The number of benzene rings is 1. The van der Waals surface area contributed by atoms with Gasteiger partial charge in [0.05, 0.1) is 0 Å². The fraction of sp³-hybridized carbons (Fsp3) is 0.467. The normalized spacial score (nSPS) is 24.4. The number of carbonyl (C=O) groups excluding carboxylic acids is 2. The standard InChI is InChI=1S/C15H20N2O2S/c1-10(20-3)9-17-11(2)14(18)16-13(15(17)19)12-7-5-4-6-8-12/h4-8,10-11,13H,9H2,1-3H3,(H,16,18). The van der Waals surface area contributed by atoms with Gasteiger partial charge in [-0.1, -0.05) is 37.3 Å². The zero-order valence-corrected chi connectivity index (χ0v) is 12.8. The van der Waals surface area contributed by atoms with Crippen molar-refractivity contribution in [3.63, 3.8) is 0 Å². The monoisotopic (exact) mass is 292 g/mol. The van der Waals surface area contributed by atoms with Crippen molar-refractivity contribution in [1.82, 2.24) is 10.2 Å². The second-order valence-corrected chi connectivity index (χ2v) is 6.34.